The molecule has 1 aromatic carbocycles. The highest BCUT2D eigenvalue weighted by molar-refractivity contribution is 6.00. The van der Waals surface area contributed by atoms with E-state index in [1.165, 1.54) is 12.1 Å². The number of aromatic amines is 1. The first kappa shape index (κ1) is 19.5. The number of halogens is 3. The highest BCUT2D eigenvalue weighted by Crippen LogP contribution is 2.35. The van der Waals surface area contributed by atoms with Crippen molar-refractivity contribution >= 4 is 11.6 Å². The zero-order valence-corrected chi connectivity index (χ0v) is 15.8. The molecule has 154 valence electrons. The third kappa shape index (κ3) is 4.02. The Bertz CT molecular complexity index is 978. The van der Waals surface area contributed by atoms with E-state index in [1.807, 2.05) is 4.90 Å². The Morgan fingerprint density at radius 1 is 1.10 bits per heavy atom. The van der Waals surface area contributed by atoms with E-state index in [9.17, 15) is 22.8 Å². The number of alkyl halides is 3. The standard InChI is InChI=1S/C21H22F3N3O2/c22-21(23,24)13-6-7-15(18(12-13)27-10-1-2-11-27)20(29)26-17-5-3-4-16-14(17)8-9-19(28)25-16/h6-9,12,17H,1-5,10-11H2,(H,25,28)(H,26,29). The first-order valence-corrected chi connectivity index (χ1v) is 9.82. The average Bonchev–Trinajstić information content (AvgIpc) is 3.21. The number of carbonyl (C=O) groups is 1. The lowest BCUT2D eigenvalue weighted by Crippen LogP contribution is -2.33. The molecule has 5 nitrogen and oxygen atoms in total. The summed E-state index contributed by atoms with van der Waals surface area (Å²) in [4.78, 5) is 29.2. The number of fused-ring (bicyclic) bond motifs is 1. The summed E-state index contributed by atoms with van der Waals surface area (Å²) >= 11 is 0. The molecule has 4 rings (SSSR count). The second-order valence-corrected chi connectivity index (χ2v) is 7.60. The van der Waals surface area contributed by atoms with E-state index in [0.29, 0.717) is 25.2 Å². The highest BCUT2D eigenvalue weighted by atomic mass is 19.4. The van der Waals surface area contributed by atoms with Crippen LogP contribution in [0.3, 0.4) is 0 Å². The quantitative estimate of drug-likeness (QED) is 0.817. The van der Waals surface area contributed by atoms with Crippen molar-refractivity contribution < 1.29 is 18.0 Å². The van der Waals surface area contributed by atoms with E-state index < -0.39 is 17.6 Å². The second-order valence-electron chi connectivity index (χ2n) is 7.60. The van der Waals surface area contributed by atoms with Crippen molar-refractivity contribution in [3.05, 3.63) is 63.1 Å². The van der Waals surface area contributed by atoms with E-state index in [4.69, 9.17) is 0 Å². The Morgan fingerprint density at radius 2 is 1.86 bits per heavy atom. The molecule has 8 heteroatoms. The molecule has 2 aliphatic rings. The van der Waals surface area contributed by atoms with Crippen molar-refractivity contribution in [2.75, 3.05) is 18.0 Å². The molecule has 1 saturated heterocycles. The number of benzene rings is 1. The molecule has 0 spiro atoms. The van der Waals surface area contributed by atoms with Gasteiger partial charge in [0, 0.05) is 24.8 Å². The number of pyridine rings is 1. The van der Waals surface area contributed by atoms with E-state index >= 15 is 0 Å². The third-order valence-electron chi connectivity index (χ3n) is 5.65. The maximum absolute atomic E-state index is 13.2. The van der Waals surface area contributed by atoms with Crippen LogP contribution < -0.4 is 15.8 Å². The van der Waals surface area contributed by atoms with Gasteiger partial charge in [-0.3, -0.25) is 9.59 Å². The number of anilines is 1. The van der Waals surface area contributed by atoms with Crippen molar-refractivity contribution in [2.24, 2.45) is 0 Å². The molecule has 2 N–H and O–H groups in total. The lowest BCUT2D eigenvalue weighted by Gasteiger charge is -2.27. The van der Waals surface area contributed by atoms with Crippen LogP contribution in [0.15, 0.2) is 35.1 Å². The Morgan fingerprint density at radius 3 is 2.59 bits per heavy atom. The number of amides is 1. The molecule has 1 amide bonds. The number of nitrogens with zero attached hydrogens (tertiary/aromatic N) is 1. The number of nitrogens with one attached hydrogen (secondary N) is 2. The number of hydrogen-bond acceptors (Lipinski definition) is 3. The van der Waals surface area contributed by atoms with Crippen LogP contribution in [0.25, 0.3) is 0 Å². The van der Waals surface area contributed by atoms with Gasteiger partial charge in [-0.05, 0) is 61.9 Å². The van der Waals surface area contributed by atoms with Gasteiger partial charge in [-0.2, -0.15) is 13.2 Å². The summed E-state index contributed by atoms with van der Waals surface area (Å²) in [5.74, 6) is -0.398. The van der Waals surface area contributed by atoms with Gasteiger partial charge >= 0.3 is 6.18 Å². The van der Waals surface area contributed by atoms with Crippen LogP contribution in [0.4, 0.5) is 18.9 Å². The predicted molar refractivity (Wildman–Crippen MR) is 103 cm³/mol. The van der Waals surface area contributed by atoms with Gasteiger partial charge in [-0.25, -0.2) is 0 Å². The number of H-pyrrole nitrogens is 1. The fourth-order valence-electron chi connectivity index (χ4n) is 4.21. The Hall–Kier alpha value is -2.77. The van der Waals surface area contributed by atoms with Crippen LogP contribution >= 0.6 is 0 Å². The second kappa shape index (κ2) is 7.57. The molecule has 29 heavy (non-hydrogen) atoms. The molecule has 0 saturated carbocycles. The number of carbonyl (C=O) groups excluding carboxylic acids is 1. The molecule has 1 unspecified atom stereocenters. The largest absolute Gasteiger partial charge is 0.416 e. The van der Waals surface area contributed by atoms with E-state index in [2.05, 4.69) is 10.3 Å². The molecule has 1 atom stereocenters. The first-order chi connectivity index (χ1) is 13.8. The number of aromatic nitrogens is 1. The maximum Gasteiger partial charge on any atom is 0.416 e. The van der Waals surface area contributed by atoms with Gasteiger partial charge < -0.3 is 15.2 Å². The van der Waals surface area contributed by atoms with Crippen LogP contribution in [0.5, 0.6) is 0 Å². The van der Waals surface area contributed by atoms with Gasteiger partial charge in [0.25, 0.3) is 5.91 Å². The van der Waals surface area contributed by atoms with Crippen molar-refractivity contribution in [3.8, 4) is 0 Å². The zero-order valence-electron chi connectivity index (χ0n) is 15.8. The zero-order chi connectivity index (χ0) is 20.6. The summed E-state index contributed by atoms with van der Waals surface area (Å²) in [5.41, 5.74) is 1.30. The van der Waals surface area contributed by atoms with E-state index in [-0.39, 0.29) is 17.2 Å². The van der Waals surface area contributed by atoms with Gasteiger partial charge in [0.15, 0.2) is 0 Å². The fourth-order valence-corrected chi connectivity index (χ4v) is 4.21. The SMILES string of the molecule is O=C(NC1CCCc2[nH]c(=O)ccc21)c1ccc(C(F)(F)F)cc1N1CCCC1. The van der Waals surface area contributed by atoms with Crippen molar-refractivity contribution in [1.29, 1.82) is 0 Å². The molecular formula is C21H22F3N3O2. The molecule has 2 heterocycles. The Labute approximate surface area is 165 Å². The summed E-state index contributed by atoms with van der Waals surface area (Å²) in [7, 11) is 0. The summed E-state index contributed by atoms with van der Waals surface area (Å²) in [5, 5.41) is 2.96. The molecule has 0 bridgehead atoms. The van der Waals surface area contributed by atoms with Crippen LogP contribution in [0.1, 0.15) is 58.9 Å². The van der Waals surface area contributed by atoms with Gasteiger partial charge in [0.05, 0.1) is 22.9 Å². The monoisotopic (exact) mass is 405 g/mol. The smallest absolute Gasteiger partial charge is 0.371 e. The average molecular weight is 405 g/mol. The first-order valence-electron chi connectivity index (χ1n) is 9.82. The number of aryl methyl sites for hydroxylation is 1. The minimum absolute atomic E-state index is 0.185. The normalized spacial score (nSPS) is 19.1. The van der Waals surface area contributed by atoms with Gasteiger partial charge in [-0.15, -0.1) is 0 Å². The van der Waals surface area contributed by atoms with Crippen LogP contribution in [0, 0.1) is 0 Å². The van der Waals surface area contributed by atoms with Crippen molar-refractivity contribution in [1.82, 2.24) is 10.3 Å². The third-order valence-corrected chi connectivity index (χ3v) is 5.65. The Kier molecular flexibility index (Phi) is 5.10. The van der Waals surface area contributed by atoms with Crippen LogP contribution in [0.2, 0.25) is 0 Å². The topological polar surface area (TPSA) is 65.2 Å². The number of rotatable bonds is 3. The minimum Gasteiger partial charge on any atom is -0.371 e. The van der Waals surface area contributed by atoms with E-state index in [1.54, 1.807) is 6.07 Å². The Balaban J connectivity index is 1.65. The molecule has 1 fully saturated rings. The fraction of sp³-hybridized carbons (Fsp3) is 0.429. The van der Waals surface area contributed by atoms with Gasteiger partial charge in [0.2, 0.25) is 5.56 Å². The highest BCUT2D eigenvalue weighted by Gasteiger charge is 2.33. The minimum atomic E-state index is -4.46. The molecule has 2 aromatic rings. The number of hydrogen-bond donors (Lipinski definition) is 2. The summed E-state index contributed by atoms with van der Waals surface area (Å²) in [6, 6.07) is 6.16. The predicted octanol–water partition coefficient (Wildman–Crippen LogP) is 3.80. The molecule has 1 aromatic heterocycles. The van der Waals surface area contributed by atoms with Gasteiger partial charge in [0.1, 0.15) is 0 Å². The van der Waals surface area contributed by atoms with Crippen LogP contribution in [-0.2, 0) is 12.6 Å². The van der Waals surface area contributed by atoms with Gasteiger partial charge in [-0.1, -0.05) is 0 Å². The molecule has 1 aliphatic heterocycles. The van der Waals surface area contributed by atoms with E-state index in [0.717, 1.165) is 49.1 Å². The van der Waals surface area contributed by atoms with Crippen molar-refractivity contribution in [3.63, 3.8) is 0 Å². The summed E-state index contributed by atoms with van der Waals surface area (Å²) < 4.78 is 39.6. The summed E-state index contributed by atoms with van der Waals surface area (Å²) in [6.07, 6.45) is -0.426. The summed E-state index contributed by atoms with van der Waals surface area (Å²) in [6.45, 7) is 1.27. The molecule has 1 aliphatic carbocycles. The van der Waals surface area contributed by atoms with Crippen molar-refractivity contribution in [2.45, 2.75) is 44.3 Å². The lowest BCUT2D eigenvalue weighted by atomic mass is 9.91. The molecular weight excluding hydrogens is 383 g/mol. The lowest BCUT2D eigenvalue weighted by molar-refractivity contribution is -0.137. The molecule has 0 radical (unpaired) electrons. The van der Waals surface area contributed by atoms with Crippen LogP contribution in [-0.4, -0.2) is 24.0 Å². The maximum atomic E-state index is 13.2.